The Hall–Kier alpha value is -2.97. The molecular formula is C24H32N6O2. The van der Waals surface area contributed by atoms with Gasteiger partial charge in [-0.05, 0) is 81.9 Å². The fraction of sp³-hybridized carbons (Fsp3) is 0.458. The number of pyridine rings is 3. The van der Waals surface area contributed by atoms with Crippen molar-refractivity contribution in [1.29, 1.82) is 0 Å². The van der Waals surface area contributed by atoms with Crippen molar-refractivity contribution in [2.75, 3.05) is 31.3 Å². The third kappa shape index (κ3) is 5.26. The molecule has 8 nitrogen and oxygen atoms in total. The van der Waals surface area contributed by atoms with Gasteiger partial charge in [0.2, 0.25) is 0 Å². The lowest BCUT2D eigenvalue weighted by molar-refractivity contribution is 0.126. The van der Waals surface area contributed by atoms with Gasteiger partial charge in [-0.1, -0.05) is 0 Å². The number of fused-ring (bicyclic) bond motifs is 1. The summed E-state index contributed by atoms with van der Waals surface area (Å²) in [5.41, 5.74) is 1.06. The van der Waals surface area contributed by atoms with E-state index in [1.54, 1.807) is 10.8 Å². The maximum atomic E-state index is 13.4. The molecule has 0 saturated heterocycles. The molecule has 3 aromatic heterocycles. The summed E-state index contributed by atoms with van der Waals surface area (Å²) in [6, 6.07) is 7.95. The number of hydrogen-bond donors (Lipinski definition) is 3. The highest BCUT2D eigenvalue weighted by atomic mass is 16.3. The average molecular weight is 437 g/mol. The van der Waals surface area contributed by atoms with Gasteiger partial charge in [0.1, 0.15) is 17.5 Å². The van der Waals surface area contributed by atoms with E-state index in [0.717, 1.165) is 43.2 Å². The number of nitrogens with zero attached hydrogens (tertiary/aromatic N) is 4. The number of aliphatic hydroxyl groups excluding tert-OH is 1. The Labute approximate surface area is 188 Å². The quantitative estimate of drug-likeness (QED) is 0.524. The Bertz CT molecular complexity index is 1140. The topological polar surface area (TPSA) is 95.3 Å². The number of aliphatic hydroxyl groups is 1. The highest BCUT2D eigenvalue weighted by molar-refractivity contribution is 5.93. The van der Waals surface area contributed by atoms with Crippen LogP contribution < -0.4 is 16.2 Å². The SMILES string of the molecule is Cc1ccnc(Nc2cc3ccn(CCN(C)C)c(=O)c3c(N[C@H]3CC[C@@H](O)CC3)n2)c1. The molecule has 0 unspecified atom stereocenters. The van der Waals surface area contributed by atoms with Gasteiger partial charge in [0.15, 0.2) is 0 Å². The number of nitrogens with one attached hydrogen (secondary N) is 2. The summed E-state index contributed by atoms with van der Waals surface area (Å²) < 4.78 is 1.75. The van der Waals surface area contributed by atoms with Gasteiger partial charge in [0, 0.05) is 31.5 Å². The predicted octanol–water partition coefficient (Wildman–Crippen LogP) is 3.12. The summed E-state index contributed by atoms with van der Waals surface area (Å²) in [4.78, 5) is 24.6. The van der Waals surface area contributed by atoms with Crippen molar-refractivity contribution in [1.82, 2.24) is 19.4 Å². The van der Waals surface area contributed by atoms with Crippen LogP contribution in [0.3, 0.4) is 0 Å². The molecule has 1 fully saturated rings. The smallest absolute Gasteiger partial charge is 0.262 e. The van der Waals surface area contributed by atoms with Crippen LogP contribution >= 0.6 is 0 Å². The molecule has 4 rings (SSSR count). The van der Waals surface area contributed by atoms with Crippen LogP contribution in [0.2, 0.25) is 0 Å². The normalized spacial score (nSPS) is 18.8. The van der Waals surface area contributed by atoms with E-state index in [1.165, 1.54) is 0 Å². The minimum atomic E-state index is -0.235. The number of anilines is 3. The zero-order chi connectivity index (χ0) is 22.7. The van der Waals surface area contributed by atoms with Crippen molar-refractivity contribution in [3.8, 4) is 0 Å². The molecule has 0 atom stereocenters. The summed E-state index contributed by atoms with van der Waals surface area (Å²) in [5.74, 6) is 1.94. The van der Waals surface area contributed by atoms with E-state index >= 15 is 0 Å². The number of rotatable bonds is 7. The lowest BCUT2D eigenvalue weighted by Gasteiger charge is -2.27. The van der Waals surface area contributed by atoms with Gasteiger partial charge < -0.3 is 25.2 Å². The van der Waals surface area contributed by atoms with E-state index in [4.69, 9.17) is 4.98 Å². The van der Waals surface area contributed by atoms with Crippen LogP contribution in [0.1, 0.15) is 31.2 Å². The van der Waals surface area contributed by atoms with Gasteiger partial charge in [-0.3, -0.25) is 4.79 Å². The highest BCUT2D eigenvalue weighted by Gasteiger charge is 2.21. The standard InChI is InChI=1S/C24H32N6O2/c1-16-8-10-25-20(14-16)27-21-15-17-9-11-30(13-12-29(2)3)24(32)22(17)23(28-21)26-18-4-6-19(31)7-5-18/h8-11,14-15,18-19,31H,4-7,12-13H2,1-3H3,(H2,25,26,27,28)/t18-,19+. The van der Waals surface area contributed by atoms with E-state index in [2.05, 4.69) is 20.5 Å². The lowest BCUT2D eigenvalue weighted by Crippen LogP contribution is -2.30. The van der Waals surface area contributed by atoms with Crippen LogP contribution in [0.15, 0.2) is 41.5 Å². The number of likely N-dealkylation sites (N-methyl/N-ethyl adjacent to an activating group) is 1. The summed E-state index contributed by atoms with van der Waals surface area (Å²) in [7, 11) is 3.99. The first-order chi connectivity index (χ1) is 15.4. The molecule has 1 aliphatic carbocycles. The van der Waals surface area contributed by atoms with Crippen molar-refractivity contribution in [3.63, 3.8) is 0 Å². The molecular weight excluding hydrogens is 404 g/mol. The maximum Gasteiger partial charge on any atom is 0.262 e. The van der Waals surface area contributed by atoms with Crippen LogP contribution in [0.5, 0.6) is 0 Å². The van der Waals surface area contributed by atoms with Crippen LogP contribution in [0.25, 0.3) is 10.8 Å². The molecule has 0 spiro atoms. The molecule has 1 aliphatic rings. The molecule has 0 amide bonds. The Balaban J connectivity index is 1.73. The van der Waals surface area contributed by atoms with Crippen molar-refractivity contribution >= 4 is 28.2 Å². The summed E-state index contributed by atoms with van der Waals surface area (Å²) in [6.07, 6.45) is 6.59. The maximum absolute atomic E-state index is 13.4. The Morgan fingerprint density at radius 3 is 2.66 bits per heavy atom. The third-order valence-electron chi connectivity index (χ3n) is 5.96. The van der Waals surface area contributed by atoms with Crippen molar-refractivity contribution in [3.05, 3.63) is 52.6 Å². The minimum absolute atomic E-state index is 0.0459. The molecule has 3 aromatic rings. The van der Waals surface area contributed by atoms with Crippen molar-refractivity contribution in [2.45, 2.75) is 51.3 Å². The predicted molar refractivity (Wildman–Crippen MR) is 129 cm³/mol. The van der Waals surface area contributed by atoms with Gasteiger partial charge >= 0.3 is 0 Å². The molecule has 0 aliphatic heterocycles. The second kappa shape index (κ2) is 9.67. The zero-order valence-corrected chi connectivity index (χ0v) is 19.0. The first kappa shape index (κ1) is 22.2. The molecule has 3 N–H and O–H groups in total. The molecule has 8 heteroatoms. The second-order valence-electron chi connectivity index (χ2n) is 8.93. The van der Waals surface area contributed by atoms with Gasteiger partial charge in [-0.15, -0.1) is 0 Å². The molecule has 32 heavy (non-hydrogen) atoms. The second-order valence-corrected chi connectivity index (χ2v) is 8.93. The Kier molecular flexibility index (Phi) is 6.72. The van der Waals surface area contributed by atoms with Crippen LogP contribution in [0.4, 0.5) is 17.5 Å². The summed E-state index contributed by atoms with van der Waals surface area (Å²) in [5, 5.41) is 18.1. The van der Waals surface area contributed by atoms with Crippen molar-refractivity contribution in [2.24, 2.45) is 0 Å². The number of aryl methyl sites for hydroxylation is 1. The van der Waals surface area contributed by atoms with E-state index in [0.29, 0.717) is 29.4 Å². The molecule has 0 bridgehead atoms. The molecule has 170 valence electrons. The highest BCUT2D eigenvalue weighted by Crippen LogP contribution is 2.27. The first-order valence-electron chi connectivity index (χ1n) is 11.2. The lowest BCUT2D eigenvalue weighted by atomic mass is 9.93. The van der Waals surface area contributed by atoms with E-state index in [9.17, 15) is 9.90 Å². The van der Waals surface area contributed by atoms with Gasteiger partial charge in [-0.25, -0.2) is 9.97 Å². The zero-order valence-electron chi connectivity index (χ0n) is 19.0. The Morgan fingerprint density at radius 1 is 1.16 bits per heavy atom. The Morgan fingerprint density at radius 2 is 1.94 bits per heavy atom. The van der Waals surface area contributed by atoms with E-state index < -0.39 is 0 Å². The van der Waals surface area contributed by atoms with Crippen LogP contribution in [-0.2, 0) is 6.54 Å². The van der Waals surface area contributed by atoms with Crippen LogP contribution in [-0.4, -0.2) is 57.3 Å². The fourth-order valence-electron chi connectivity index (χ4n) is 4.10. The van der Waals surface area contributed by atoms with Crippen LogP contribution in [0, 0.1) is 6.92 Å². The summed E-state index contributed by atoms with van der Waals surface area (Å²) in [6.45, 7) is 3.41. The molecule has 0 aromatic carbocycles. The van der Waals surface area contributed by atoms with Gasteiger partial charge in [0.25, 0.3) is 5.56 Å². The molecule has 3 heterocycles. The van der Waals surface area contributed by atoms with Crippen molar-refractivity contribution < 1.29 is 5.11 Å². The van der Waals surface area contributed by atoms with E-state index in [-0.39, 0.29) is 17.7 Å². The summed E-state index contributed by atoms with van der Waals surface area (Å²) >= 11 is 0. The monoisotopic (exact) mass is 436 g/mol. The fourth-order valence-corrected chi connectivity index (χ4v) is 4.10. The number of aromatic nitrogens is 3. The van der Waals surface area contributed by atoms with Gasteiger partial charge in [-0.2, -0.15) is 0 Å². The molecule has 1 saturated carbocycles. The van der Waals surface area contributed by atoms with Gasteiger partial charge in [0.05, 0.1) is 11.5 Å². The average Bonchev–Trinajstić information content (AvgIpc) is 2.74. The third-order valence-corrected chi connectivity index (χ3v) is 5.96. The molecule has 0 radical (unpaired) electrons. The minimum Gasteiger partial charge on any atom is -0.393 e. The van der Waals surface area contributed by atoms with E-state index in [1.807, 2.05) is 51.5 Å². The largest absolute Gasteiger partial charge is 0.393 e. The first-order valence-corrected chi connectivity index (χ1v) is 11.2. The number of hydrogen-bond acceptors (Lipinski definition) is 7.